The number of imidazole rings is 1. The summed E-state index contributed by atoms with van der Waals surface area (Å²) in [5, 5.41) is 7.29. The Morgan fingerprint density at radius 1 is 1.45 bits per heavy atom. The number of fused-ring (bicyclic) bond motifs is 1. The van der Waals surface area contributed by atoms with E-state index in [9.17, 15) is 4.79 Å². The van der Waals surface area contributed by atoms with Gasteiger partial charge in [0.1, 0.15) is 0 Å². The molecule has 1 N–H and O–H groups in total. The Morgan fingerprint density at radius 2 is 2.18 bits per heavy atom. The monoisotopic (exact) mass is 150 g/mol. The molecule has 0 saturated heterocycles. The molecule has 0 saturated carbocycles. The number of hydrogen-bond donors (Lipinski definition) is 1. The first-order valence-electron chi connectivity index (χ1n) is 3.14. The molecule has 0 aliphatic carbocycles. The van der Waals surface area contributed by atoms with Gasteiger partial charge in [-0.1, -0.05) is 0 Å². The van der Waals surface area contributed by atoms with Crippen molar-refractivity contribution < 1.29 is 0 Å². The summed E-state index contributed by atoms with van der Waals surface area (Å²) >= 11 is 0. The lowest BCUT2D eigenvalue weighted by Crippen LogP contribution is -2.11. The lowest BCUT2D eigenvalue weighted by molar-refractivity contribution is 0.887. The highest BCUT2D eigenvalue weighted by molar-refractivity contribution is 5.72. The molecule has 0 radical (unpaired) electrons. The Balaban J connectivity index is 3.04. The van der Waals surface area contributed by atoms with E-state index in [1.807, 2.05) is 0 Å². The van der Waals surface area contributed by atoms with Gasteiger partial charge in [-0.3, -0.25) is 4.57 Å². The van der Waals surface area contributed by atoms with Crippen molar-refractivity contribution in [1.29, 1.82) is 0 Å². The van der Waals surface area contributed by atoms with Crippen molar-refractivity contribution >= 4 is 11.0 Å². The number of H-pyrrole nitrogens is 1. The molecule has 0 aliphatic heterocycles. The van der Waals surface area contributed by atoms with Crippen molar-refractivity contribution in [2.24, 2.45) is 7.05 Å². The summed E-state index contributed by atoms with van der Waals surface area (Å²) in [5.41, 5.74) is 1.34. The van der Waals surface area contributed by atoms with Crippen LogP contribution < -0.4 is 5.69 Å². The minimum Gasteiger partial charge on any atom is -0.304 e. The molecule has 0 aliphatic rings. The van der Waals surface area contributed by atoms with Crippen molar-refractivity contribution in [2.45, 2.75) is 0 Å². The lowest BCUT2D eigenvalue weighted by Gasteiger charge is -1.88. The Labute approximate surface area is 61.7 Å². The van der Waals surface area contributed by atoms with Gasteiger partial charge in [-0.15, -0.1) is 0 Å². The first-order valence-corrected chi connectivity index (χ1v) is 3.14. The number of nitrogens with zero attached hydrogens (tertiary/aromatic N) is 3. The number of hydrogen-bond acceptors (Lipinski definition) is 3. The van der Waals surface area contributed by atoms with Crippen LogP contribution in [0.3, 0.4) is 0 Å². The van der Waals surface area contributed by atoms with E-state index in [-0.39, 0.29) is 5.69 Å². The molecular weight excluding hydrogens is 144 g/mol. The number of aryl methyl sites for hydroxylation is 1. The summed E-state index contributed by atoms with van der Waals surface area (Å²) in [6, 6.07) is 0. The maximum absolute atomic E-state index is 11.0. The highest BCUT2D eigenvalue weighted by Crippen LogP contribution is 2.02. The van der Waals surface area contributed by atoms with Crippen LogP contribution in [-0.2, 0) is 7.05 Å². The second-order valence-corrected chi connectivity index (χ2v) is 2.28. The van der Waals surface area contributed by atoms with Crippen LogP contribution in [0.4, 0.5) is 0 Å². The van der Waals surface area contributed by atoms with Crippen LogP contribution in [0.1, 0.15) is 0 Å². The van der Waals surface area contributed by atoms with Crippen LogP contribution in [0, 0.1) is 0 Å². The number of aromatic amines is 1. The van der Waals surface area contributed by atoms with Gasteiger partial charge in [0.25, 0.3) is 0 Å². The van der Waals surface area contributed by atoms with Crippen LogP contribution in [0.2, 0.25) is 0 Å². The van der Waals surface area contributed by atoms with E-state index in [0.717, 1.165) is 5.52 Å². The molecule has 0 amide bonds. The van der Waals surface area contributed by atoms with Gasteiger partial charge in [0, 0.05) is 7.05 Å². The van der Waals surface area contributed by atoms with Gasteiger partial charge in [-0.05, 0) is 0 Å². The fourth-order valence-electron chi connectivity index (χ4n) is 0.987. The summed E-state index contributed by atoms with van der Waals surface area (Å²) < 4.78 is 1.49. The van der Waals surface area contributed by atoms with E-state index in [2.05, 4.69) is 15.2 Å². The largest absolute Gasteiger partial charge is 0.326 e. The standard InChI is InChI=1S/C6H6N4O/c1-10-5-3-8-7-2-4(5)9-6(10)11/h2-3H,1H3,(H,9,11). The number of rotatable bonds is 0. The Kier molecular flexibility index (Phi) is 1.06. The minimum absolute atomic E-state index is 0.144. The fraction of sp³-hybridized carbons (Fsp3) is 0.167. The van der Waals surface area contributed by atoms with Crippen molar-refractivity contribution in [3.8, 4) is 0 Å². The van der Waals surface area contributed by atoms with Crippen molar-refractivity contribution in [1.82, 2.24) is 19.7 Å². The number of nitrogens with one attached hydrogen (secondary N) is 1. The van der Waals surface area contributed by atoms with Gasteiger partial charge in [0.05, 0.1) is 23.4 Å². The molecule has 2 heterocycles. The topological polar surface area (TPSA) is 63.6 Å². The van der Waals surface area contributed by atoms with E-state index < -0.39 is 0 Å². The minimum atomic E-state index is -0.144. The molecule has 0 aromatic carbocycles. The van der Waals surface area contributed by atoms with E-state index in [4.69, 9.17) is 0 Å². The number of aromatic nitrogens is 4. The Bertz CT molecular complexity index is 441. The SMILES string of the molecule is Cn1c(=O)[nH]c2cnncc21. The van der Waals surface area contributed by atoms with Crippen molar-refractivity contribution in [2.75, 3.05) is 0 Å². The summed E-state index contributed by atoms with van der Waals surface area (Å²) in [7, 11) is 1.68. The fourth-order valence-corrected chi connectivity index (χ4v) is 0.987. The summed E-state index contributed by atoms with van der Waals surface area (Å²) in [6.07, 6.45) is 3.07. The van der Waals surface area contributed by atoms with Crippen LogP contribution in [-0.4, -0.2) is 19.7 Å². The lowest BCUT2D eigenvalue weighted by atomic mass is 10.5. The summed E-state index contributed by atoms with van der Waals surface area (Å²) in [5.74, 6) is 0. The van der Waals surface area contributed by atoms with Gasteiger partial charge in [0.15, 0.2) is 0 Å². The highest BCUT2D eigenvalue weighted by atomic mass is 16.1. The molecule has 2 aromatic rings. The molecule has 2 aromatic heterocycles. The third kappa shape index (κ3) is 0.739. The van der Waals surface area contributed by atoms with Gasteiger partial charge >= 0.3 is 5.69 Å². The van der Waals surface area contributed by atoms with Gasteiger partial charge in [-0.25, -0.2) is 4.79 Å². The molecule has 0 fully saturated rings. The summed E-state index contributed by atoms with van der Waals surface area (Å²) in [6.45, 7) is 0. The van der Waals surface area contributed by atoms with Crippen molar-refractivity contribution in [3.05, 3.63) is 22.9 Å². The van der Waals surface area contributed by atoms with Crippen LogP contribution in [0.15, 0.2) is 17.2 Å². The van der Waals surface area contributed by atoms with E-state index in [1.54, 1.807) is 13.2 Å². The van der Waals surface area contributed by atoms with Crippen LogP contribution >= 0.6 is 0 Å². The first-order chi connectivity index (χ1) is 5.29. The first kappa shape index (κ1) is 6.09. The quantitative estimate of drug-likeness (QED) is 0.558. The molecule has 5 heteroatoms. The molecule has 2 rings (SSSR count). The zero-order chi connectivity index (χ0) is 7.84. The third-order valence-corrected chi connectivity index (χ3v) is 1.62. The zero-order valence-corrected chi connectivity index (χ0v) is 5.90. The molecule has 11 heavy (non-hydrogen) atoms. The second kappa shape index (κ2) is 1.91. The third-order valence-electron chi connectivity index (χ3n) is 1.62. The second-order valence-electron chi connectivity index (χ2n) is 2.28. The van der Waals surface area contributed by atoms with Gasteiger partial charge < -0.3 is 4.98 Å². The maximum Gasteiger partial charge on any atom is 0.326 e. The zero-order valence-electron chi connectivity index (χ0n) is 5.90. The van der Waals surface area contributed by atoms with E-state index >= 15 is 0 Å². The predicted molar refractivity (Wildman–Crippen MR) is 39.1 cm³/mol. The van der Waals surface area contributed by atoms with Crippen molar-refractivity contribution in [3.63, 3.8) is 0 Å². The normalized spacial score (nSPS) is 10.6. The van der Waals surface area contributed by atoms with Crippen LogP contribution in [0.5, 0.6) is 0 Å². The maximum atomic E-state index is 11.0. The smallest absolute Gasteiger partial charge is 0.304 e. The van der Waals surface area contributed by atoms with Gasteiger partial charge in [-0.2, -0.15) is 10.2 Å². The highest BCUT2D eigenvalue weighted by Gasteiger charge is 2.00. The molecule has 0 bridgehead atoms. The predicted octanol–water partition coefficient (Wildman–Crippen LogP) is -0.343. The Morgan fingerprint density at radius 3 is 2.91 bits per heavy atom. The molecule has 0 spiro atoms. The Hall–Kier alpha value is -1.65. The average molecular weight is 150 g/mol. The molecular formula is C6H6N4O. The molecule has 56 valence electrons. The van der Waals surface area contributed by atoms with Gasteiger partial charge in [0.2, 0.25) is 0 Å². The van der Waals surface area contributed by atoms with Crippen LogP contribution in [0.25, 0.3) is 11.0 Å². The van der Waals surface area contributed by atoms with E-state index in [0.29, 0.717) is 5.52 Å². The molecule has 0 atom stereocenters. The average Bonchev–Trinajstić information content (AvgIpc) is 2.30. The summed E-state index contributed by atoms with van der Waals surface area (Å²) in [4.78, 5) is 13.6. The van der Waals surface area contributed by atoms with E-state index in [1.165, 1.54) is 10.8 Å². The molecule has 0 unspecified atom stereocenters. The molecule has 5 nitrogen and oxygen atoms in total.